The summed E-state index contributed by atoms with van der Waals surface area (Å²) in [7, 11) is 0. The monoisotopic (exact) mass is 214 g/mol. The number of hydrogen-bond donors (Lipinski definition) is 0. The molecule has 0 radical (unpaired) electrons. The van der Waals surface area contributed by atoms with Crippen LogP contribution in [0.2, 0.25) is 0 Å². The zero-order valence-electron chi connectivity index (χ0n) is 10.0. The fourth-order valence-electron chi connectivity index (χ4n) is 1.54. The van der Waals surface area contributed by atoms with E-state index in [4.69, 9.17) is 4.74 Å². The van der Waals surface area contributed by atoms with Crippen molar-refractivity contribution in [2.75, 3.05) is 6.61 Å². The number of rotatable bonds is 8. The fraction of sp³-hybridized carbons (Fsp3) is 0.833. The van der Waals surface area contributed by atoms with Gasteiger partial charge >= 0.3 is 5.97 Å². The first-order valence-electron chi connectivity index (χ1n) is 5.83. The molecule has 0 aliphatic carbocycles. The summed E-state index contributed by atoms with van der Waals surface area (Å²) in [6.45, 7) is 6.18. The van der Waals surface area contributed by atoms with Crippen LogP contribution in [-0.2, 0) is 14.3 Å². The van der Waals surface area contributed by atoms with Gasteiger partial charge < -0.3 is 4.74 Å². The van der Waals surface area contributed by atoms with Crippen LogP contribution in [-0.4, -0.2) is 18.4 Å². The highest BCUT2D eigenvalue weighted by molar-refractivity contribution is 5.96. The summed E-state index contributed by atoms with van der Waals surface area (Å²) >= 11 is 0. The number of Topliss-reactive ketones (excluding diaryl/α,β-unsaturated/α-hetero) is 1. The van der Waals surface area contributed by atoms with E-state index in [0.717, 1.165) is 25.7 Å². The minimum atomic E-state index is -0.391. The van der Waals surface area contributed by atoms with Gasteiger partial charge in [-0.2, -0.15) is 0 Å². The summed E-state index contributed by atoms with van der Waals surface area (Å²) in [5.41, 5.74) is 0. The molecular weight excluding hydrogens is 192 g/mol. The van der Waals surface area contributed by atoms with Gasteiger partial charge in [-0.25, -0.2) is 0 Å². The summed E-state index contributed by atoms with van der Waals surface area (Å²) in [6, 6.07) is 0. The Balaban J connectivity index is 3.97. The maximum absolute atomic E-state index is 11.7. The molecule has 0 bridgehead atoms. The maximum atomic E-state index is 11.7. The molecule has 0 aromatic rings. The maximum Gasteiger partial charge on any atom is 0.313 e. The van der Waals surface area contributed by atoms with Gasteiger partial charge in [0.25, 0.3) is 0 Å². The van der Waals surface area contributed by atoms with Gasteiger partial charge in [0.05, 0.1) is 6.61 Å². The Morgan fingerprint density at radius 1 is 1.20 bits per heavy atom. The van der Waals surface area contributed by atoms with Gasteiger partial charge in [0.2, 0.25) is 0 Å². The highest BCUT2D eigenvalue weighted by Gasteiger charge is 2.19. The second kappa shape index (κ2) is 8.45. The van der Waals surface area contributed by atoms with Crippen molar-refractivity contribution in [3.05, 3.63) is 0 Å². The summed E-state index contributed by atoms with van der Waals surface area (Å²) in [6.07, 6.45) is 3.79. The first kappa shape index (κ1) is 14.1. The molecule has 0 saturated heterocycles. The predicted molar refractivity (Wildman–Crippen MR) is 59.6 cm³/mol. The van der Waals surface area contributed by atoms with Gasteiger partial charge in [-0.3, -0.25) is 9.59 Å². The zero-order valence-corrected chi connectivity index (χ0v) is 10.0. The Morgan fingerprint density at radius 3 is 2.33 bits per heavy atom. The number of esters is 1. The van der Waals surface area contributed by atoms with Crippen molar-refractivity contribution in [2.24, 2.45) is 5.92 Å². The summed E-state index contributed by atoms with van der Waals surface area (Å²) in [4.78, 5) is 22.8. The first-order chi connectivity index (χ1) is 7.15. The second-order valence-corrected chi connectivity index (χ2v) is 3.70. The lowest BCUT2D eigenvalue weighted by atomic mass is 9.93. The number of ketones is 1. The molecule has 3 nitrogen and oxygen atoms in total. The van der Waals surface area contributed by atoms with Gasteiger partial charge in [0.15, 0.2) is 0 Å². The number of ether oxygens (including phenoxy) is 1. The van der Waals surface area contributed by atoms with Crippen LogP contribution in [0.15, 0.2) is 0 Å². The molecule has 1 atom stereocenters. The average molecular weight is 214 g/mol. The van der Waals surface area contributed by atoms with Crippen LogP contribution in [0.1, 0.15) is 52.9 Å². The lowest BCUT2D eigenvalue weighted by molar-refractivity contribution is -0.146. The van der Waals surface area contributed by atoms with Crippen LogP contribution in [0.25, 0.3) is 0 Å². The van der Waals surface area contributed by atoms with Gasteiger partial charge in [0, 0.05) is 5.92 Å². The van der Waals surface area contributed by atoms with Gasteiger partial charge in [-0.05, 0) is 19.8 Å². The molecule has 15 heavy (non-hydrogen) atoms. The number of unbranched alkanes of at least 4 members (excludes halogenated alkanes) is 1. The van der Waals surface area contributed by atoms with E-state index in [0.29, 0.717) is 6.61 Å². The van der Waals surface area contributed by atoms with Crippen LogP contribution in [0.5, 0.6) is 0 Å². The molecule has 1 unspecified atom stereocenters. The topological polar surface area (TPSA) is 43.4 Å². The highest BCUT2D eigenvalue weighted by atomic mass is 16.5. The molecule has 0 fully saturated rings. The molecule has 0 aromatic heterocycles. The highest BCUT2D eigenvalue weighted by Crippen LogP contribution is 2.15. The molecule has 0 rings (SSSR count). The van der Waals surface area contributed by atoms with E-state index < -0.39 is 5.97 Å². The Kier molecular flexibility index (Phi) is 7.96. The molecule has 0 saturated carbocycles. The van der Waals surface area contributed by atoms with Gasteiger partial charge in [-0.1, -0.05) is 26.7 Å². The third kappa shape index (κ3) is 6.26. The summed E-state index contributed by atoms with van der Waals surface area (Å²) in [5, 5.41) is 0. The summed E-state index contributed by atoms with van der Waals surface area (Å²) in [5.74, 6) is -0.323. The third-order valence-electron chi connectivity index (χ3n) is 2.48. The van der Waals surface area contributed by atoms with Crippen LogP contribution in [0, 0.1) is 5.92 Å². The van der Waals surface area contributed by atoms with Crippen molar-refractivity contribution < 1.29 is 14.3 Å². The van der Waals surface area contributed by atoms with E-state index >= 15 is 0 Å². The van der Waals surface area contributed by atoms with Crippen LogP contribution >= 0.6 is 0 Å². The van der Waals surface area contributed by atoms with E-state index in [2.05, 4.69) is 6.92 Å². The standard InChI is InChI=1S/C12H22O3/c1-4-7-8-10(5-2)11(13)9-12(14)15-6-3/h10H,4-9H2,1-3H3. The largest absolute Gasteiger partial charge is 0.466 e. The molecule has 0 spiro atoms. The van der Waals surface area contributed by atoms with Crippen molar-refractivity contribution in [3.63, 3.8) is 0 Å². The molecule has 0 aliphatic rings. The molecule has 0 aromatic carbocycles. The number of carbonyl (C=O) groups excluding carboxylic acids is 2. The molecule has 0 N–H and O–H groups in total. The normalized spacial score (nSPS) is 12.2. The van der Waals surface area contributed by atoms with Crippen LogP contribution < -0.4 is 0 Å². The lowest BCUT2D eigenvalue weighted by Crippen LogP contribution is -2.19. The fourth-order valence-corrected chi connectivity index (χ4v) is 1.54. The van der Waals surface area contributed by atoms with E-state index in [1.807, 2.05) is 6.92 Å². The van der Waals surface area contributed by atoms with Crippen molar-refractivity contribution >= 4 is 11.8 Å². The van der Waals surface area contributed by atoms with Crippen molar-refractivity contribution in [1.82, 2.24) is 0 Å². The Morgan fingerprint density at radius 2 is 1.87 bits per heavy atom. The average Bonchev–Trinajstić information content (AvgIpc) is 2.19. The third-order valence-corrected chi connectivity index (χ3v) is 2.48. The minimum absolute atomic E-state index is 0.0319. The van der Waals surface area contributed by atoms with Gasteiger partial charge in [-0.15, -0.1) is 0 Å². The molecule has 0 aliphatic heterocycles. The van der Waals surface area contributed by atoms with Crippen LogP contribution in [0.4, 0.5) is 0 Å². The minimum Gasteiger partial charge on any atom is -0.466 e. The Hall–Kier alpha value is -0.860. The first-order valence-corrected chi connectivity index (χ1v) is 5.83. The number of hydrogen-bond acceptors (Lipinski definition) is 3. The Bertz CT molecular complexity index is 199. The van der Waals surface area contributed by atoms with E-state index in [-0.39, 0.29) is 18.1 Å². The summed E-state index contributed by atoms with van der Waals surface area (Å²) < 4.78 is 4.75. The van der Waals surface area contributed by atoms with E-state index in [1.54, 1.807) is 6.92 Å². The quantitative estimate of drug-likeness (QED) is 0.461. The molecule has 0 heterocycles. The number of carbonyl (C=O) groups is 2. The van der Waals surface area contributed by atoms with E-state index in [1.165, 1.54) is 0 Å². The SMILES string of the molecule is CCCCC(CC)C(=O)CC(=O)OCC. The van der Waals surface area contributed by atoms with Crippen molar-refractivity contribution in [2.45, 2.75) is 52.9 Å². The zero-order chi connectivity index (χ0) is 11.7. The van der Waals surface area contributed by atoms with Crippen LogP contribution in [0.3, 0.4) is 0 Å². The predicted octanol–water partition coefficient (Wildman–Crippen LogP) is 2.73. The molecule has 88 valence electrons. The molecule has 3 heteroatoms. The Labute approximate surface area is 92.2 Å². The smallest absolute Gasteiger partial charge is 0.313 e. The van der Waals surface area contributed by atoms with Crippen molar-refractivity contribution in [3.8, 4) is 0 Å². The van der Waals surface area contributed by atoms with E-state index in [9.17, 15) is 9.59 Å². The molecular formula is C12H22O3. The van der Waals surface area contributed by atoms with Crippen molar-refractivity contribution in [1.29, 1.82) is 0 Å². The second-order valence-electron chi connectivity index (χ2n) is 3.70. The lowest BCUT2D eigenvalue weighted by Gasteiger charge is -2.12. The molecule has 0 amide bonds. The van der Waals surface area contributed by atoms with Gasteiger partial charge in [0.1, 0.15) is 12.2 Å².